The lowest BCUT2D eigenvalue weighted by atomic mass is 9.88. The number of benzene rings is 1. The number of carbonyl (C=O) groups excluding carboxylic acids is 2. The fraction of sp³-hybridized carbons (Fsp3) is 0.476. The van der Waals surface area contributed by atoms with Crippen molar-refractivity contribution in [3.63, 3.8) is 0 Å². The molecule has 1 spiro atoms. The Morgan fingerprint density at radius 2 is 2.07 bits per heavy atom. The molecule has 0 radical (unpaired) electrons. The standard InChI is InChI=1S/C21H24FN3O3S/c1-14-24-18(13-29-14)20(27)25-10-8-21(9-11-25)7-6-15(28-21)12-23-19(26)16-4-2-3-5-17(16)22/h2-5,13,15H,6-12H2,1H3,(H,23,26). The van der Waals surface area contributed by atoms with Gasteiger partial charge in [0.2, 0.25) is 0 Å². The maximum atomic E-state index is 13.7. The number of halogens is 1. The molecule has 0 bridgehead atoms. The van der Waals surface area contributed by atoms with Gasteiger partial charge in [0.25, 0.3) is 11.8 Å². The summed E-state index contributed by atoms with van der Waals surface area (Å²) in [5.41, 5.74) is 0.330. The van der Waals surface area contributed by atoms with Gasteiger partial charge in [-0.05, 0) is 44.7 Å². The SMILES string of the molecule is Cc1nc(C(=O)N2CCC3(CCC(CNC(=O)c4ccccc4F)O3)CC2)cs1. The highest BCUT2D eigenvalue weighted by molar-refractivity contribution is 7.09. The van der Waals surface area contributed by atoms with E-state index in [0.29, 0.717) is 25.3 Å². The number of carbonyl (C=O) groups is 2. The Labute approximate surface area is 173 Å². The molecule has 2 aliphatic rings. The van der Waals surface area contributed by atoms with Gasteiger partial charge in [-0.2, -0.15) is 0 Å². The van der Waals surface area contributed by atoms with Crippen LogP contribution in [0.25, 0.3) is 0 Å². The molecule has 2 saturated heterocycles. The van der Waals surface area contributed by atoms with Crippen LogP contribution in [0.5, 0.6) is 0 Å². The number of aryl methyl sites for hydroxylation is 1. The number of nitrogens with zero attached hydrogens (tertiary/aromatic N) is 2. The Bertz CT molecular complexity index is 908. The first kappa shape index (κ1) is 20.0. The van der Waals surface area contributed by atoms with E-state index in [1.54, 1.807) is 12.1 Å². The van der Waals surface area contributed by atoms with Crippen molar-refractivity contribution in [2.45, 2.75) is 44.3 Å². The lowest BCUT2D eigenvalue weighted by Crippen LogP contribution is -2.47. The summed E-state index contributed by atoms with van der Waals surface area (Å²) in [7, 11) is 0. The quantitative estimate of drug-likeness (QED) is 0.830. The number of hydrogen-bond acceptors (Lipinski definition) is 5. The third-order valence-electron chi connectivity index (χ3n) is 5.75. The van der Waals surface area contributed by atoms with Gasteiger partial charge in [-0.3, -0.25) is 9.59 Å². The third kappa shape index (κ3) is 4.33. The Hall–Kier alpha value is -2.32. The summed E-state index contributed by atoms with van der Waals surface area (Å²) < 4.78 is 20.0. The maximum Gasteiger partial charge on any atom is 0.273 e. The van der Waals surface area contributed by atoms with Crippen LogP contribution < -0.4 is 5.32 Å². The molecule has 2 fully saturated rings. The number of rotatable bonds is 4. The number of likely N-dealkylation sites (tertiary alicyclic amines) is 1. The van der Waals surface area contributed by atoms with Crippen molar-refractivity contribution in [3.8, 4) is 0 Å². The fourth-order valence-corrected chi connectivity index (χ4v) is 4.68. The molecule has 0 saturated carbocycles. The van der Waals surface area contributed by atoms with Crippen LogP contribution in [-0.2, 0) is 4.74 Å². The van der Waals surface area contributed by atoms with Gasteiger partial charge in [-0.15, -0.1) is 11.3 Å². The molecule has 2 amide bonds. The van der Waals surface area contributed by atoms with Gasteiger partial charge in [-0.25, -0.2) is 9.37 Å². The molecule has 3 heterocycles. The minimum atomic E-state index is -0.527. The van der Waals surface area contributed by atoms with Gasteiger partial charge in [-0.1, -0.05) is 12.1 Å². The minimum Gasteiger partial charge on any atom is -0.370 e. The number of thiazole rings is 1. The van der Waals surface area contributed by atoms with Crippen molar-refractivity contribution in [1.29, 1.82) is 0 Å². The van der Waals surface area contributed by atoms with Gasteiger partial charge >= 0.3 is 0 Å². The predicted molar refractivity (Wildman–Crippen MR) is 108 cm³/mol. The van der Waals surface area contributed by atoms with Crippen molar-refractivity contribution in [3.05, 3.63) is 51.7 Å². The van der Waals surface area contributed by atoms with Crippen molar-refractivity contribution >= 4 is 23.2 Å². The first-order chi connectivity index (χ1) is 14.0. The van der Waals surface area contributed by atoms with Crippen molar-refractivity contribution < 1.29 is 18.7 Å². The fourth-order valence-electron chi connectivity index (χ4n) is 4.10. The van der Waals surface area contributed by atoms with Gasteiger partial charge in [0, 0.05) is 25.0 Å². The summed E-state index contributed by atoms with van der Waals surface area (Å²) in [6.45, 7) is 3.53. The molecule has 1 unspecified atom stereocenters. The number of piperidine rings is 1. The second-order valence-corrected chi connectivity index (χ2v) is 8.76. The number of amides is 2. The Kier molecular flexibility index (Phi) is 5.65. The molecule has 2 aliphatic heterocycles. The second-order valence-electron chi connectivity index (χ2n) is 7.70. The second kappa shape index (κ2) is 8.20. The molecule has 4 rings (SSSR count). The number of ether oxygens (including phenoxy) is 1. The zero-order valence-corrected chi connectivity index (χ0v) is 17.1. The van der Waals surface area contributed by atoms with Crippen LogP contribution >= 0.6 is 11.3 Å². The first-order valence-corrected chi connectivity index (χ1v) is 10.8. The van der Waals surface area contributed by atoms with Crippen LogP contribution in [0.1, 0.15) is 51.5 Å². The van der Waals surface area contributed by atoms with Crippen LogP contribution in [0.4, 0.5) is 4.39 Å². The van der Waals surface area contributed by atoms with Crippen LogP contribution in [0, 0.1) is 12.7 Å². The first-order valence-electron chi connectivity index (χ1n) is 9.88. The Morgan fingerprint density at radius 1 is 1.31 bits per heavy atom. The van der Waals surface area contributed by atoms with Crippen LogP contribution in [0.2, 0.25) is 0 Å². The third-order valence-corrected chi connectivity index (χ3v) is 6.52. The van der Waals surface area contributed by atoms with E-state index in [1.807, 2.05) is 17.2 Å². The lowest BCUT2D eigenvalue weighted by molar-refractivity contribution is -0.0712. The molecule has 1 atom stereocenters. The van der Waals surface area contributed by atoms with E-state index < -0.39 is 11.7 Å². The molecule has 1 aromatic carbocycles. The summed E-state index contributed by atoms with van der Waals surface area (Å²) in [6.07, 6.45) is 3.22. The van der Waals surface area contributed by atoms with E-state index in [1.165, 1.54) is 23.5 Å². The zero-order chi connectivity index (χ0) is 20.4. The summed E-state index contributed by atoms with van der Waals surface area (Å²) in [5.74, 6) is -0.969. The summed E-state index contributed by atoms with van der Waals surface area (Å²) in [6, 6.07) is 5.94. The van der Waals surface area contributed by atoms with E-state index >= 15 is 0 Å². The topological polar surface area (TPSA) is 71.5 Å². The highest BCUT2D eigenvalue weighted by atomic mass is 32.1. The molecule has 0 aliphatic carbocycles. The molecule has 8 heteroatoms. The molecular weight excluding hydrogens is 393 g/mol. The Morgan fingerprint density at radius 3 is 2.76 bits per heavy atom. The smallest absolute Gasteiger partial charge is 0.273 e. The molecule has 6 nitrogen and oxygen atoms in total. The summed E-state index contributed by atoms with van der Waals surface area (Å²) in [4.78, 5) is 30.9. The van der Waals surface area contributed by atoms with Crippen LogP contribution in [0.3, 0.4) is 0 Å². The monoisotopic (exact) mass is 417 g/mol. The van der Waals surface area contributed by atoms with Gasteiger partial charge in [0.15, 0.2) is 0 Å². The number of aromatic nitrogens is 1. The van der Waals surface area contributed by atoms with Crippen molar-refractivity contribution in [2.24, 2.45) is 0 Å². The average molecular weight is 418 g/mol. The van der Waals surface area contributed by atoms with Crippen LogP contribution in [0.15, 0.2) is 29.6 Å². The number of nitrogens with one attached hydrogen (secondary N) is 1. The normalized spacial score (nSPS) is 20.8. The summed E-state index contributed by atoms with van der Waals surface area (Å²) >= 11 is 1.48. The van der Waals surface area contributed by atoms with E-state index in [2.05, 4.69) is 10.3 Å². The molecule has 2 aromatic rings. The van der Waals surface area contributed by atoms with Gasteiger partial charge in [0.05, 0.1) is 22.3 Å². The van der Waals surface area contributed by atoms with Gasteiger partial charge in [0.1, 0.15) is 11.5 Å². The molecule has 1 N–H and O–H groups in total. The zero-order valence-electron chi connectivity index (χ0n) is 16.3. The van der Waals surface area contributed by atoms with Crippen LogP contribution in [-0.4, -0.2) is 53.0 Å². The maximum absolute atomic E-state index is 13.7. The lowest BCUT2D eigenvalue weighted by Gasteiger charge is -2.39. The van der Waals surface area contributed by atoms with E-state index in [0.717, 1.165) is 30.7 Å². The average Bonchev–Trinajstić information content (AvgIpc) is 3.33. The highest BCUT2D eigenvalue weighted by Crippen LogP contribution is 2.39. The van der Waals surface area contributed by atoms with Crippen molar-refractivity contribution in [1.82, 2.24) is 15.2 Å². The number of hydrogen-bond donors (Lipinski definition) is 1. The molecule has 29 heavy (non-hydrogen) atoms. The van der Waals surface area contributed by atoms with Gasteiger partial charge < -0.3 is 15.0 Å². The van der Waals surface area contributed by atoms with E-state index in [-0.39, 0.29) is 23.2 Å². The molecule has 154 valence electrons. The minimum absolute atomic E-state index is 0.0177. The highest BCUT2D eigenvalue weighted by Gasteiger charge is 2.43. The Balaban J connectivity index is 1.27. The predicted octanol–water partition coefficient (Wildman–Crippen LogP) is 3.17. The van der Waals surface area contributed by atoms with Crippen molar-refractivity contribution in [2.75, 3.05) is 19.6 Å². The van der Waals surface area contributed by atoms with E-state index in [9.17, 15) is 14.0 Å². The molecule has 1 aromatic heterocycles. The molecular formula is C21H24FN3O3S. The van der Waals surface area contributed by atoms with E-state index in [4.69, 9.17) is 4.74 Å². The summed E-state index contributed by atoms with van der Waals surface area (Å²) in [5, 5.41) is 5.48. The largest absolute Gasteiger partial charge is 0.370 e.